The van der Waals surface area contributed by atoms with Gasteiger partial charge >= 0.3 is 5.97 Å². The fraction of sp³-hybridized carbons (Fsp3) is 0.435. The molecular formula is C23H26F3NO2. The van der Waals surface area contributed by atoms with Crippen LogP contribution in [0.3, 0.4) is 0 Å². The molecule has 3 rings (SSSR count). The Morgan fingerprint density at radius 1 is 1.07 bits per heavy atom. The van der Waals surface area contributed by atoms with Crippen LogP contribution in [0.15, 0.2) is 24.3 Å². The number of nitrogens with zero attached hydrogens (tertiary/aromatic N) is 1. The van der Waals surface area contributed by atoms with Gasteiger partial charge in [0.1, 0.15) is 11.4 Å². The highest BCUT2D eigenvalue weighted by Gasteiger charge is 2.36. The number of benzene rings is 2. The summed E-state index contributed by atoms with van der Waals surface area (Å²) in [5.74, 6) is -5.98. The maximum absolute atomic E-state index is 15.1. The minimum absolute atomic E-state index is 0.0540. The van der Waals surface area contributed by atoms with Gasteiger partial charge in [-0.3, -0.25) is 0 Å². The van der Waals surface area contributed by atoms with Crippen molar-refractivity contribution in [3.8, 4) is 0 Å². The number of para-hydroxylation sites is 1. The molecule has 6 heteroatoms. The molecule has 2 unspecified atom stereocenters. The molecule has 0 saturated heterocycles. The molecule has 0 radical (unpaired) electrons. The summed E-state index contributed by atoms with van der Waals surface area (Å²) < 4.78 is 43.7. The molecule has 2 atom stereocenters. The van der Waals surface area contributed by atoms with E-state index in [4.69, 9.17) is 0 Å². The smallest absolute Gasteiger partial charge is 0.339 e. The van der Waals surface area contributed by atoms with Gasteiger partial charge in [0.2, 0.25) is 0 Å². The van der Waals surface area contributed by atoms with E-state index in [1.165, 1.54) is 0 Å². The lowest BCUT2D eigenvalue weighted by atomic mass is 9.71. The number of aromatic carboxylic acids is 1. The van der Waals surface area contributed by atoms with E-state index in [-0.39, 0.29) is 11.5 Å². The topological polar surface area (TPSA) is 40.5 Å². The van der Waals surface area contributed by atoms with E-state index in [1.54, 1.807) is 0 Å². The minimum Gasteiger partial charge on any atom is -0.478 e. The van der Waals surface area contributed by atoms with Crippen LogP contribution in [0.1, 0.15) is 58.6 Å². The SMILES string of the molecule is Cc1c(F)c(F)c(C(=O)O)c(C2CCCCC2Cc2ccccc2N(C)C)c1F. The molecule has 156 valence electrons. The lowest BCUT2D eigenvalue weighted by Gasteiger charge is -2.34. The van der Waals surface area contributed by atoms with Gasteiger partial charge < -0.3 is 10.0 Å². The van der Waals surface area contributed by atoms with Crippen molar-refractivity contribution in [1.29, 1.82) is 0 Å². The standard InChI is InChI=1S/C23H26F3NO2/c1-13-20(24)18(19(23(28)29)22(26)21(13)25)16-10-6-4-8-14(16)12-15-9-5-7-11-17(15)27(2)3/h5,7,9,11,14,16H,4,6,8,10,12H2,1-3H3,(H,28,29). The van der Waals surface area contributed by atoms with Gasteiger partial charge in [0.05, 0.1) is 0 Å². The van der Waals surface area contributed by atoms with Gasteiger partial charge in [-0.25, -0.2) is 18.0 Å². The van der Waals surface area contributed by atoms with Gasteiger partial charge in [0.15, 0.2) is 11.6 Å². The van der Waals surface area contributed by atoms with E-state index < -0.39 is 40.5 Å². The molecule has 0 amide bonds. The van der Waals surface area contributed by atoms with E-state index in [1.807, 2.05) is 43.3 Å². The predicted molar refractivity (Wildman–Crippen MR) is 107 cm³/mol. The maximum atomic E-state index is 15.1. The molecule has 29 heavy (non-hydrogen) atoms. The van der Waals surface area contributed by atoms with Crippen molar-refractivity contribution in [3.63, 3.8) is 0 Å². The zero-order valence-corrected chi connectivity index (χ0v) is 16.9. The number of carbonyl (C=O) groups is 1. The Morgan fingerprint density at radius 3 is 2.38 bits per heavy atom. The van der Waals surface area contributed by atoms with Crippen molar-refractivity contribution in [2.24, 2.45) is 5.92 Å². The van der Waals surface area contributed by atoms with Gasteiger partial charge in [-0.2, -0.15) is 0 Å². The Kier molecular flexibility index (Phi) is 6.20. The molecule has 1 N–H and O–H groups in total. The fourth-order valence-electron chi connectivity index (χ4n) is 4.59. The van der Waals surface area contributed by atoms with Crippen LogP contribution in [0.25, 0.3) is 0 Å². The third-order valence-electron chi connectivity index (χ3n) is 6.03. The summed E-state index contributed by atoms with van der Waals surface area (Å²) in [7, 11) is 3.89. The van der Waals surface area contributed by atoms with Crippen LogP contribution in [0.5, 0.6) is 0 Å². The van der Waals surface area contributed by atoms with Gasteiger partial charge in [-0.15, -0.1) is 0 Å². The summed E-state index contributed by atoms with van der Waals surface area (Å²) in [4.78, 5) is 13.7. The van der Waals surface area contributed by atoms with Crippen molar-refractivity contribution in [1.82, 2.24) is 0 Å². The van der Waals surface area contributed by atoms with Crippen LogP contribution in [0.2, 0.25) is 0 Å². The molecule has 1 fully saturated rings. The molecule has 0 spiro atoms. The first-order valence-electron chi connectivity index (χ1n) is 9.89. The second-order valence-corrected chi connectivity index (χ2v) is 8.04. The number of rotatable bonds is 5. The third-order valence-corrected chi connectivity index (χ3v) is 6.03. The molecular weight excluding hydrogens is 379 g/mol. The van der Waals surface area contributed by atoms with Crippen LogP contribution >= 0.6 is 0 Å². The van der Waals surface area contributed by atoms with E-state index >= 15 is 4.39 Å². The van der Waals surface area contributed by atoms with Gasteiger partial charge in [0, 0.05) is 30.9 Å². The van der Waals surface area contributed by atoms with E-state index in [0.29, 0.717) is 12.8 Å². The lowest BCUT2D eigenvalue weighted by Crippen LogP contribution is -2.25. The van der Waals surface area contributed by atoms with Crippen LogP contribution in [0.4, 0.5) is 18.9 Å². The van der Waals surface area contributed by atoms with Gasteiger partial charge in [-0.05, 0) is 49.7 Å². The molecule has 2 aromatic rings. The molecule has 0 bridgehead atoms. The highest BCUT2D eigenvalue weighted by molar-refractivity contribution is 5.90. The number of carboxylic acid groups (broad SMARTS) is 1. The van der Waals surface area contributed by atoms with Gasteiger partial charge in [-0.1, -0.05) is 31.0 Å². The van der Waals surface area contributed by atoms with Crippen molar-refractivity contribution >= 4 is 11.7 Å². The van der Waals surface area contributed by atoms with Crippen LogP contribution in [0, 0.1) is 30.3 Å². The quantitative estimate of drug-likeness (QED) is 0.650. The van der Waals surface area contributed by atoms with E-state index in [0.717, 1.165) is 37.4 Å². The summed E-state index contributed by atoms with van der Waals surface area (Å²) in [5.41, 5.74) is 0.619. The number of hydrogen-bond donors (Lipinski definition) is 1. The number of halogens is 3. The zero-order chi connectivity index (χ0) is 21.3. The van der Waals surface area contributed by atoms with Crippen molar-refractivity contribution in [2.75, 3.05) is 19.0 Å². The Hall–Kier alpha value is -2.50. The third kappa shape index (κ3) is 3.98. The molecule has 2 aromatic carbocycles. The Morgan fingerprint density at radius 2 is 1.72 bits per heavy atom. The second kappa shape index (κ2) is 8.47. The molecule has 0 aliphatic heterocycles. The van der Waals surface area contributed by atoms with Crippen LogP contribution < -0.4 is 4.90 Å². The maximum Gasteiger partial charge on any atom is 0.339 e. The summed E-state index contributed by atoms with van der Waals surface area (Å²) in [5, 5.41) is 9.53. The molecule has 3 nitrogen and oxygen atoms in total. The van der Waals surface area contributed by atoms with E-state index in [9.17, 15) is 18.7 Å². The highest BCUT2D eigenvalue weighted by atomic mass is 19.2. The first-order valence-corrected chi connectivity index (χ1v) is 9.89. The summed E-state index contributed by atoms with van der Waals surface area (Å²) in [6.07, 6.45) is 3.69. The van der Waals surface area contributed by atoms with Crippen molar-refractivity contribution in [2.45, 2.75) is 44.9 Å². The number of anilines is 1. The van der Waals surface area contributed by atoms with E-state index in [2.05, 4.69) is 0 Å². The summed E-state index contributed by atoms with van der Waals surface area (Å²) >= 11 is 0. The lowest BCUT2D eigenvalue weighted by molar-refractivity contribution is 0.0686. The predicted octanol–water partition coefficient (Wildman–Crippen LogP) is 5.69. The van der Waals surface area contributed by atoms with Crippen molar-refractivity contribution in [3.05, 3.63) is 64.0 Å². The summed E-state index contributed by atoms with van der Waals surface area (Å²) in [6, 6.07) is 7.88. The normalized spacial score (nSPS) is 19.2. The Balaban J connectivity index is 2.09. The molecule has 1 saturated carbocycles. The Bertz CT molecular complexity index is 927. The first-order chi connectivity index (χ1) is 13.7. The van der Waals surface area contributed by atoms with Crippen LogP contribution in [-0.2, 0) is 6.42 Å². The second-order valence-electron chi connectivity index (χ2n) is 8.04. The zero-order valence-electron chi connectivity index (χ0n) is 16.9. The molecule has 0 heterocycles. The Labute approximate surface area is 169 Å². The number of hydrogen-bond acceptors (Lipinski definition) is 2. The monoisotopic (exact) mass is 405 g/mol. The molecule has 0 aromatic heterocycles. The first kappa shape index (κ1) is 21.2. The van der Waals surface area contributed by atoms with Crippen LogP contribution in [-0.4, -0.2) is 25.2 Å². The largest absolute Gasteiger partial charge is 0.478 e. The number of carboxylic acids is 1. The highest BCUT2D eigenvalue weighted by Crippen LogP contribution is 2.44. The van der Waals surface area contributed by atoms with Gasteiger partial charge in [0.25, 0.3) is 0 Å². The van der Waals surface area contributed by atoms with Crippen molar-refractivity contribution < 1.29 is 23.1 Å². The summed E-state index contributed by atoms with van der Waals surface area (Å²) in [6.45, 7) is 1.15. The molecule has 1 aliphatic rings. The minimum atomic E-state index is -1.63. The average Bonchev–Trinajstić information content (AvgIpc) is 2.69. The average molecular weight is 405 g/mol. The molecule has 1 aliphatic carbocycles. The fourth-order valence-corrected chi connectivity index (χ4v) is 4.59.